The van der Waals surface area contributed by atoms with Gasteiger partial charge in [0.05, 0.1) is 25.9 Å². The highest BCUT2D eigenvalue weighted by Gasteiger charge is 2.24. The smallest absolute Gasteiger partial charge is 0.149 e. The molecule has 0 aliphatic carbocycles. The fraction of sp³-hybridized carbons (Fsp3) is 0.889. The zero-order valence-corrected chi connectivity index (χ0v) is 7.61. The van der Waals surface area contributed by atoms with Crippen molar-refractivity contribution in [3.63, 3.8) is 0 Å². The summed E-state index contributed by atoms with van der Waals surface area (Å²) in [6, 6.07) is 2.09. The molecule has 0 aromatic heterocycles. The molecule has 1 fully saturated rings. The Morgan fingerprint density at radius 2 is 2.54 bits per heavy atom. The van der Waals surface area contributed by atoms with E-state index >= 15 is 0 Å². The van der Waals surface area contributed by atoms with E-state index in [0.29, 0.717) is 6.61 Å². The normalized spacial score (nSPS) is 25.1. The molecule has 13 heavy (non-hydrogen) atoms. The minimum absolute atomic E-state index is 0.0360. The lowest BCUT2D eigenvalue weighted by Gasteiger charge is -2.25. The maximum Gasteiger partial charge on any atom is 0.149 e. The summed E-state index contributed by atoms with van der Waals surface area (Å²) in [5.41, 5.74) is 0. The van der Waals surface area contributed by atoms with E-state index in [1.807, 2.05) is 0 Å². The second-order valence-corrected chi connectivity index (χ2v) is 3.12. The van der Waals surface area contributed by atoms with Crippen LogP contribution in [0.15, 0.2) is 0 Å². The van der Waals surface area contributed by atoms with Crippen LogP contribution >= 0.6 is 0 Å². The molecule has 0 aromatic carbocycles. The molecule has 4 heteroatoms. The van der Waals surface area contributed by atoms with Crippen LogP contribution < -0.4 is 0 Å². The number of nitrogens with zero attached hydrogens (tertiary/aromatic N) is 1. The largest absolute Gasteiger partial charge is 0.394 e. The summed E-state index contributed by atoms with van der Waals surface area (Å²) in [5, 5.41) is 17.3. The zero-order valence-electron chi connectivity index (χ0n) is 7.61. The van der Waals surface area contributed by atoms with Crippen LogP contribution in [-0.4, -0.2) is 37.6 Å². The minimum Gasteiger partial charge on any atom is -0.394 e. The lowest BCUT2D eigenvalue weighted by atomic mass is 9.97. The lowest BCUT2D eigenvalue weighted by Crippen LogP contribution is -2.30. The summed E-state index contributed by atoms with van der Waals surface area (Å²) in [5.74, 6) is 0.172. The lowest BCUT2D eigenvalue weighted by molar-refractivity contribution is -0.0307. The van der Waals surface area contributed by atoms with Crippen molar-refractivity contribution in [2.24, 2.45) is 5.92 Å². The van der Waals surface area contributed by atoms with Gasteiger partial charge in [0.15, 0.2) is 0 Å². The summed E-state index contributed by atoms with van der Waals surface area (Å²) in [6.45, 7) is 1.58. The average Bonchev–Trinajstić information content (AvgIpc) is 2.21. The van der Waals surface area contributed by atoms with Crippen molar-refractivity contribution in [3.8, 4) is 6.07 Å². The Labute approximate surface area is 78.1 Å². The predicted octanol–water partition coefficient (Wildman–Crippen LogP) is 0.314. The Morgan fingerprint density at radius 1 is 1.69 bits per heavy atom. The minimum atomic E-state index is -0.424. The Balaban J connectivity index is 2.31. The second-order valence-electron chi connectivity index (χ2n) is 3.12. The van der Waals surface area contributed by atoms with Crippen molar-refractivity contribution in [1.82, 2.24) is 0 Å². The molecule has 0 bridgehead atoms. The third-order valence-electron chi connectivity index (χ3n) is 2.14. The average molecular weight is 185 g/mol. The van der Waals surface area contributed by atoms with Crippen molar-refractivity contribution in [2.75, 3.05) is 26.4 Å². The standard InChI is InChI=1S/C9H15NO3/c10-6-9(13-5-3-11)8-2-1-4-12-7-8/h8-9,11H,1-5,7H2. The van der Waals surface area contributed by atoms with Crippen LogP contribution in [0, 0.1) is 17.2 Å². The molecule has 1 N–H and O–H groups in total. The first-order valence-electron chi connectivity index (χ1n) is 4.58. The molecule has 1 aliphatic rings. The van der Waals surface area contributed by atoms with Crippen LogP contribution in [0.5, 0.6) is 0 Å². The van der Waals surface area contributed by atoms with Gasteiger partial charge in [0.2, 0.25) is 0 Å². The van der Waals surface area contributed by atoms with E-state index in [0.717, 1.165) is 19.4 Å². The number of hydrogen-bond acceptors (Lipinski definition) is 4. The number of aliphatic hydroxyl groups excluding tert-OH is 1. The van der Waals surface area contributed by atoms with Gasteiger partial charge >= 0.3 is 0 Å². The summed E-state index contributed by atoms with van der Waals surface area (Å²) in [4.78, 5) is 0. The van der Waals surface area contributed by atoms with Gasteiger partial charge in [-0.3, -0.25) is 0 Å². The fourth-order valence-electron chi connectivity index (χ4n) is 1.46. The third-order valence-corrected chi connectivity index (χ3v) is 2.14. The Morgan fingerprint density at radius 3 is 3.08 bits per heavy atom. The molecule has 0 amide bonds. The SMILES string of the molecule is N#CC(OCCO)C1CCCOC1. The highest BCUT2D eigenvalue weighted by Crippen LogP contribution is 2.19. The van der Waals surface area contributed by atoms with Gasteiger partial charge in [-0.2, -0.15) is 5.26 Å². The van der Waals surface area contributed by atoms with Crippen LogP contribution in [0.2, 0.25) is 0 Å². The summed E-state index contributed by atoms with van der Waals surface area (Å²) < 4.78 is 10.4. The first kappa shape index (κ1) is 10.5. The van der Waals surface area contributed by atoms with Gasteiger partial charge in [0.25, 0.3) is 0 Å². The number of aliphatic hydroxyl groups is 1. The van der Waals surface area contributed by atoms with E-state index in [4.69, 9.17) is 19.8 Å². The van der Waals surface area contributed by atoms with Gasteiger partial charge in [-0.1, -0.05) is 0 Å². The quantitative estimate of drug-likeness (QED) is 0.685. The number of rotatable bonds is 4. The summed E-state index contributed by atoms with van der Waals surface area (Å²) >= 11 is 0. The van der Waals surface area contributed by atoms with Crippen molar-refractivity contribution in [1.29, 1.82) is 5.26 Å². The highest BCUT2D eigenvalue weighted by atomic mass is 16.5. The topological polar surface area (TPSA) is 62.5 Å². The second kappa shape index (κ2) is 5.92. The van der Waals surface area contributed by atoms with Crippen LogP contribution in [0.1, 0.15) is 12.8 Å². The molecule has 1 saturated heterocycles. The van der Waals surface area contributed by atoms with Crippen molar-refractivity contribution in [3.05, 3.63) is 0 Å². The van der Waals surface area contributed by atoms with Gasteiger partial charge in [0, 0.05) is 12.5 Å². The van der Waals surface area contributed by atoms with Crippen LogP contribution in [0.25, 0.3) is 0 Å². The molecular weight excluding hydrogens is 170 g/mol. The maximum atomic E-state index is 8.79. The number of ether oxygens (including phenoxy) is 2. The summed E-state index contributed by atoms with van der Waals surface area (Å²) in [6.07, 6.45) is 1.54. The third kappa shape index (κ3) is 3.31. The number of nitriles is 1. The van der Waals surface area contributed by atoms with Gasteiger partial charge < -0.3 is 14.6 Å². The maximum absolute atomic E-state index is 8.79. The number of hydrogen-bond donors (Lipinski definition) is 1. The van der Waals surface area contributed by atoms with Crippen LogP contribution in [-0.2, 0) is 9.47 Å². The molecule has 0 saturated carbocycles. The fourth-order valence-corrected chi connectivity index (χ4v) is 1.46. The molecule has 2 atom stereocenters. The summed E-state index contributed by atoms with van der Waals surface area (Å²) in [7, 11) is 0. The van der Waals surface area contributed by atoms with Crippen molar-refractivity contribution < 1.29 is 14.6 Å². The van der Waals surface area contributed by atoms with Crippen molar-refractivity contribution in [2.45, 2.75) is 18.9 Å². The van der Waals surface area contributed by atoms with E-state index in [-0.39, 0.29) is 19.1 Å². The van der Waals surface area contributed by atoms with E-state index in [2.05, 4.69) is 6.07 Å². The molecule has 1 rings (SSSR count). The Bertz CT molecular complexity index is 172. The van der Waals surface area contributed by atoms with E-state index in [1.54, 1.807) is 0 Å². The van der Waals surface area contributed by atoms with Gasteiger partial charge in [0.1, 0.15) is 6.10 Å². The molecular formula is C9H15NO3. The molecule has 74 valence electrons. The molecule has 1 aliphatic heterocycles. The molecule has 0 aromatic rings. The molecule has 0 spiro atoms. The first-order valence-corrected chi connectivity index (χ1v) is 4.58. The van der Waals surface area contributed by atoms with Gasteiger partial charge in [-0.15, -0.1) is 0 Å². The van der Waals surface area contributed by atoms with Gasteiger partial charge in [-0.05, 0) is 12.8 Å². The van der Waals surface area contributed by atoms with Gasteiger partial charge in [-0.25, -0.2) is 0 Å². The molecule has 2 unspecified atom stereocenters. The first-order chi connectivity index (χ1) is 6.38. The van der Waals surface area contributed by atoms with Crippen LogP contribution in [0.4, 0.5) is 0 Å². The highest BCUT2D eigenvalue weighted by molar-refractivity contribution is 4.90. The Hall–Kier alpha value is -0.630. The zero-order chi connectivity index (χ0) is 9.52. The predicted molar refractivity (Wildman–Crippen MR) is 46.0 cm³/mol. The van der Waals surface area contributed by atoms with E-state index in [9.17, 15) is 0 Å². The van der Waals surface area contributed by atoms with Crippen LogP contribution in [0.3, 0.4) is 0 Å². The molecule has 1 heterocycles. The molecule has 4 nitrogen and oxygen atoms in total. The van der Waals surface area contributed by atoms with E-state index < -0.39 is 6.10 Å². The Kier molecular flexibility index (Phi) is 4.76. The molecule has 0 radical (unpaired) electrons. The van der Waals surface area contributed by atoms with Crippen molar-refractivity contribution >= 4 is 0 Å². The monoisotopic (exact) mass is 185 g/mol. The van der Waals surface area contributed by atoms with E-state index in [1.165, 1.54) is 0 Å².